The van der Waals surface area contributed by atoms with E-state index in [0.717, 1.165) is 17.1 Å². The molecular weight excluding hydrogens is 320 g/mol. The molecule has 2 N–H and O–H groups in total. The summed E-state index contributed by atoms with van der Waals surface area (Å²) in [5, 5.41) is 9.89. The van der Waals surface area contributed by atoms with Crippen LogP contribution in [0.5, 0.6) is 0 Å². The number of carbonyl (C=O) groups is 1. The van der Waals surface area contributed by atoms with Gasteiger partial charge in [-0.25, -0.2) is 9.97 Å². The Kier molecular flexibility index (Phi) is 5.08. The highest BCUT2D eigenvalue weighted by atomic mass is 16.5. The van der Waals surface area contributed by atoms with E-state index in [1.807, 2.05) is 49.0 Å². The van der Waals surface area contributed by atoms with Gasteiger partial charge >= 0.3 is 0 Å². The summed E-state index contributed by atoms with van der Waals surface area (Å²) >= 11 is 0. The molecule has 0 aliphatic carbocycles. The molecule has 3 aromatic heterocycles. The van der Waals surface area contributed by atoms with Gasteiger partial charge < -0.3 is 19.7 Å². The van der Waals surface area contributed by atoms with Gasteiger partial charge in [0, 0.05) is 37.1 Å². The molecule has 0 fully saturated rings. The average Bonchev–Trinajstić information content (AvgIpc) is 3.25. The summed E-state index contributed by atoms with van der Waals surface area (Å²) < 4.78 is 6.96. The Labute approximate surface area is 145 Å². The van der Waals surface area contributed by atoms with Gasteiger partial charge in [0.25, 0.3) is 0 Å². The van der Waals surface area contributed by atoms with E-state index in [-0.39, 0.29) is 12.3 Å². The summed E-state index contributed by atoms with van der Waals surface area (Å²) in [4.78, 5) is 20.4. The average molecular weight is 340 g/mol. The number of nitrogens with zero attached hydrogens (tertiary/aromatic N) is 4. The van der Waals surface area contributed by atoms with Gasteiger partial charge in [0.2, 0.25) is 5.91 Å². The Balaban J connectivity index is 1.46. The van der Waals surface area contributed by atoms with Crippen molar-refractivity contribution < 1.29 is 9.32 Å². The molecule has 0 atom stereocenters. The number of nitrogens with one attached hydrogen (secondary N) is 2. The lowest BCUT2D eigenvalue weighted by Crippen LogP contribution is -2.30. The van der Waals surface area contributed by atoms with Crippen molar-refractivity contribution in [3.05, 3.63) is 53.9 Å². The summed E-state index contributed by atoms with van der Waals surface area (Å²) in [5.41, 5.74) is 1.60. The first kappa shape index (κ1) is 16.7. The predicted molar refractivity (Wildman–Crippen MR) is 92.5 cm³/mol. The largest absolute Gasteiger partial charge is 0.368 e. The van der Waals surface area contributed by atoms with E-state index in [1.165, 1.54) is 6.33 Å². The molecule has 0 radical (unpaired) electrons. The summed E-state index contributed by atoms with van der Waals surface area (Å²) in [6.07, 6.45) is 5.61. The zero-order valence-electron chi connectivity index (χ0n) is 14.2. The summed E-state index contributed by atoms with van der Waals surface area (Å²) in [5.74, 6) is 2.11. The SMILES string of the molecule is Cc1noc(C)c1CC(=O)NCCNc1cc(-n2cccc2)ncn1. The Hall–Kier alpha value is -3.16. The second-order valence-corrected chi connectivity index (χ2v) is 5.61. The molecule has 130 valence electrons. The van der Waals surface area contributed by atoms with Crippen molar-refractivity contribution in [2.45, 2.75) is 20.3 Å². The van der Waals surface area contributed by atoms with Crippen molar-refractivity contribution >= 4 is 11.7 Å². The molecule has 0 aliphatic heterocycles. The number of anilines is 1. The first-order valence-electron chi connectivity index (χ1n) is 8.01. The minimum absolute atomic E-state index is 0.0630. The fourth-order valence-corrected chi connectivity index (χ4v) is 2.44. The van der Waals surface area contributed by atoms with Crippen LogP contribution < -0.4 is 10.6 Å². The molecule has 3 rings (SSSR count). The van der Waals surface area contributed by atoms with E-state index in [9.17, 15) is 4.79 Å². The fraction of sp³-hybridized carbons (Fsp3) is 0.294. The Bertz CT molecular complexity index is 821. The van der Waals surface area contributed by atoms with Crippen LogP contribution >= 0.6 is 0 Å². The van der Waals surface area contributed by atoms with Gasteiger partial charge in [0.05, 0.1) is 12.1 Å². The van der Waals surface area contributed by atoms with Crippen LogP contribution in [0.15, 0.2) is 41.4 Å². The monoisotopic (exact) mass is 340 g/mol. The first-order chi connectivity index (χ1) is 12.1. The van der Waals surface area contributed by atoms with Gasteiger partial charge in [-0.15, -0.1) is 0 Å². The molecule has 0 unspecified atom stereocenters. The fourth-order valence-electron chi connectivity index (χ4n) is 2.44. The highest BCUT2D eigenvalue weighted by molar-refractivity contribution is 5.79. The molecule has 25 heavy (non-hydrogen) atoms. The first-order valence-corrected chi connectivity index (χ1v) is 8.01. The Morgan fingerprint density at radius 2 is 2.00 bits per heavy atom. The number of carbonyl (C=O) groups excluding carboxylic acids is 1. The van der Waals surface area contributed by atoms with E-state index in [4.69, 9.17) is 4.52 Å². The topological polar surface area (TPSA) is 97.9 Å². The smallest absolute Gasteiger partial charge is 0.224 e. The van der Waals surface area contributed by atoms with Crippen LogP contribution in [0.4, 0.5) is 5.82 Å². The maximum atomic E-state index is 12.0. The lowest BCUT2D eigenvalue weighted by atomic mass is 10.1. The maximum absolute atomic E-state index is 12.0. The number of aromatic nitrogens is 4. The van der Waals surface area contributed by atoms with Crippen LogP contribution in [0.25, 0.3) is 5.82 Å². The van der Waals surface area contributed by atoms with Crippen molar-refractivity contribution in [3.8, 4) is 5.82 Å². The third-order valence-corrected chi connectivity index (χ3v) is 3.79. The molecule has 0 bridgehead atoms. The van der Waals surface area contributed by atoms with Crippen molar-refractivity contribution in [3.63, 3.8) is 0 Å². The van der Waals surface area contributed by atoms with Gasteiger partial charge in [0.15, 0.2) is 0 Å². The molecule has 1 amide bonds. The number of rotatable bonds is 7. The molecule has 0 aliphatic rings. The van der Waals surface area contributed by atoms with Crippen molar-refractivity contribution in [2.75, 3.05) is 18.4 Å². The van der Waals surface area contributed by atoms with Crippen LogP contribution in [0.1, 0.15) is 17.0 Å². The van der Waals surface area contributed by atoms with Crippen LogP contribution in [-0.4, -0.2) is 38.7 Å². The summed E-state index contributed by atoms with van der Waals surface area (Å²) in [6, 6.07) is 5.72. The molecular formula is C17H20N6O2. The van der Waals surface area contributed by atoms with E-state index >= 15 is 0 Å². The minimum Gasteiger partial charge on any atom is -0.368 e. The second kappa shape index (κ2) is 7.61. The predicted octanol–water partition coefficient (Wildman–Crippen LogP) is 1.64. The lowest BCUT2D eigenvalue weighted by molar-refractivity contribution is -0.120. The van der Waals surface area contributed by atoms with Crippen LogP contribution in [0, 0.1) is 13.8 Å². The normalized spacial score (nSPS) is 10.6. The molecule has 0 saturated carbocycles. The third kappa shape index (κ3) is 4.23. The van der Waals surface area contributed by atoms with Gasteiger partial charge in [-0.1, -0.05) is 5.16 Å². The highest BCUT2D eigenvalue weighted by Crippen LogP contribution is 2.12. The zero-order chi connectivity index (χ0) is 17.6. The molecule has 8 nitrogen and oxygen atoms in total. The zero-order valence-corrected chi connectivity index (χ0v) is 14.2. The van der Waals surface area contributed by atoms with Crippen LogP contribution in [0.2, 0.25) is 0 Å². The van der Waals surface area contributed by atoms with Gasteiger partial charge in [-0.2, -0.15) is 0 Å². The Morgan fingerprint density at radius 1 is 1.20 bits per heavy atom. The molecule has 0 spiro atoms. The van der Waals surface area contributed by atoms with E-state index in [1.54, 1.807) is 0 Å². The third-order valence-electron chi connectivity index (χ3n) is 3.79. The quantitative estimate of drug-likeness (QED) is 0.635. The molecule has 0 aromatic carbocycles. The van der Waals surface area contributed by atoms with E-state index in [2.05, 4.69) is 25.8 Å². The molecule has 0 saturated heterocycles. The lowest BCUT2D eigenvalue weighted by Gasteiger charge is -2.08. The number of aryl methyl sites for hydroxylation is 2. The van der Waals surface area contributed by atoms with E-state index < -0.39 is 0 Å². The summed E-state index contributed by atoms with van der Waals surface area (Å²) in [7, 11) is 0. The standard InChI is InChI=1S/C17H20N6O2/c1-12-14(13(2)25-22-12)9-17(24)19-6-5-18-15-10-16(21-11-20-15)23-7-3-4-8-23/h3-4,7-8,10-11H,5-6,9H2,1-2H3,(H,19,24)(H,18,20,21). The molecule has 8 heteroatoms. The number of amides is 1. The Morgan fingerprint density at radius 3 is 2.72 bits per heavy atom. The number of hydrogen-bond donors (Lipinski definition) is 2. The van der Waals surface area contributed by atoms with E-state index in [0.29, 0.717) is 24.7 Å². The van der Waals surface area contributed by atoms with Crippen molar-refractivity contribution in [1.29, 1.82) is 0 Å². The van der Waals surface area contributed by atoms with Gasteiger partial charge in [0.1, 0.15) is 23.7 Å². The number of hydrogen-bond acceptors (Lipinski definition) is 6. The van der Waals surface area contributed by atoms with Gasteiger partial charge in [-0.05, 0) is 26.0 Å². The van der Waals surface area contributed by atoms with Crippen LogP contribution in [-0.2, 0) is 11.2 Å². The van der Waals surface area contributed by atoms with Crippen molar-refractivity contribution in [1.82, 2.24) is 25.0 Å². The van der Waals surface area contributed by atoms with Gasteiger partial charge in [-0.3, -0.25) is 4.79 Å². The van der Waals surface area contributed by atoms with Crippen LogP contribution in [0.3, 0.4) is 0 Å². The maximum Gasteiger partial charge on any atom is 0.224 e. The molecule has 3 aromatic rings. The van der Waals surface area contributed by atoms with Crippen molar-refractivity contribution in [2.24, 2.45) is 0 Å². The summed E-state index contributed by atoms with van der Waals surface area (Å²) in [6.45, 7) is 4.69. The molecule has 3 heterocycles. The minimum atomic E-state index is -0.0630. The second-order valence-electron chi connectivity index (χ2n) is 5.61. The highest BCUT2D eigenvalue weighted by Gasteiger charge is 2.12.